The number of halogens is 1. The van der Waals surface area contributed by atoms with E-state index in [9.17, 15) is 9.59 Å². The molecule has 8 heteroatoms. The predicted molar refractivity (Wildman–Crippen MR) is 77.5 cm³/mol. The topological polar surface area (TPSA) is 96.3 Å². The lowest BCUT2D eigenvalue weighted by Gasteiger charge is -2.11. The van der Waals surface area contributed by atoms with Crippen molar-refractivity contribution in [3.8, 4) is 0 Å². The molecule has 1 heterocycles. The summed E-state index contributed by atoms with van der Waals surface area (Å²) in [6.45, 7) is 0.269. The van der Waals surface area contributed by atoms with E-state index in [2.05, 4.69) is 15.7 Å². The van der Waals surface area contributed by atoms with Gasteiger partial charge in [0.15, 0.2) is 0 Å². The van der Waals surface area contributed by atoms with E-state index in [-0.39, 0.29) is 22.8 Å². The maximum Gasteiger partial charge on any atom is 0.339 e. The smallest absolute Gasteiger partial charge is 0.339 e. The number of anilines is 1. The summed E-state index contributed by atoms with van der Waals surface area (Å²) in [6.07, 6.45) is 1.62. The second kappa shape index (κ2) is 6.27. The molecule has 0 spiro atoms. The Hall–Kier alpha value is -2.54. The van der Waals surface area contributed by atoms with Gasteiger partial charge in [-0.3, -0.25) is 4.68 Å². The second-order valence-electron chi connectivity index (χ2n) is 4.22. The third kappa shape index (κ3) is 3.51. The normalized spacial score (nSPS) is 10.2. The SMILES string of the molecule is Cn1nccc1CNC(=O)Nc1cccc(Cl)c1C(=O)O. The Kier molecular flexibility index (Phi) is 4.44. The van der Waals surface area contributed by atoms with Crippen LogP contribution in [0.2, 0.25) is 5.02 Å². The zero-order valence-corrected chi connectivity index (χ0v) is 11.9. The summed E-state index contributed by atoms with van der Waals surface area (Å²) >= 11 is 5.82. The van der Waals surface area contributed by atoms with Gasteiger partial charge in [-0.25, -0.2) is 9.59 Å². The number of carboxylic acids is 1. The van der Waals surface area contributed by atoms with Gasteiger partial charge in [-0.05, 0) is 18.2 Å². The van der Waals surface area contributed by atoms with Crippen molar-refractivity contribution >= 4 is 29.3 Å². The van der Waals surface area contributed by atoms with Gasteiger partial charge in [0, 0.05) is 13.2 Å². The van der Waals surface area contributed by atoms with Gasteiger partial charge in [-0.2, -0.15) is 5.10 Å². The molecular formula is C13H13ClN4O3. The third-order valence-corrected chi connectivity index (χ3v) is 3.14. The Labute approximate surface area is 125 Å². The van der Waals surface area contributed by atoms with Crippen LogP contribution in [0.1, 0.15) is 16.1 Å². The van der Waals surface area contributed by atoms with Gasteiger partial charge in [0.25, 0.3) is 0 Å². The molecule has 0 aliphatic carbocycles. The number of benzene rings is 1. The van der Waals surface area contributed by atoms with Crippen molar-refractivity contribution in [1.82, 2.24) is 15.1 Å². The van der Waals surface area contributed by atoms with Crippen molar-refractivity contribution in [2.24, 2.45) is 7.05 Å². The molecule has 21 heavy (non-hydrogen) atoms. The van der Waals surface area contributed by atoms with Gasteiger partial charge in [0.1, 0.15) is 5.56 Å². The Morgan fingerprint density at radius 2 is 2.14 bits per heavy atom. The standard InChI is InChI=1S/C13H13ClN4O3/c1-18-8(5-6-16-18)7-15-13(21)17-10-4-2-3-9(14)11(10)12(19)20/h2-6H,7H2,1H3,(H,19,20)(H2,15,17,21). The van der Waals surface area contributed by atoms with Crippen LogP contribution in [0.25, 0.3) is 0 Å². The largest absolute Gasteiger partial charge is 0.478 e. The van der Waals surface area contributed by atoms with Crippen molar-refractivity contribution in [1.29, 1.82) is 0 Å². The molecule has 2 rings (SSSR count). The van der Waals surface area contributed by atoms with Crippen LogP contribution in [-0.2, 0) is 13.6 Å². The zero-order valence-electron chi connectivity index (χ0n) is 11.1. The number of carbonyl (C=O) groups is 2. The molecule has 0 unspecified atom stereocenters. The fourth-order valence-corrected chi connectivity index (χ4v) is 2.01. The Morgan fingerprint density at radius 1 is 1.38 bits per heavy atom. The molecular weight excluding hydrogens is 296 g/mol. The van der Waals surface area contributed by atoms with Crippen LogP contribution in [0.5, 0.6) is 0 Å². The van der Waals surface area contributed by atoms with E-state index in [1.165, 1.54) is 12.1 Å². The summed E-state index contributed by atoms with van der Waals surface area (Å²) in [6, 6.07) is 5.72. The summed E-state index contributed by atoms with van der Waals surface area (Å²) in [5.74, 6) is -1.21. The minimum absolute atomic E-state index is 0.0620. The number of carboxylic acid groups (broad SMARTS) is 1. The summed E-state index contributed by atoms with van der Waals surface area (Å²) in [5, 5.41) is 18.2. The van der Waals surface area contributed by atoms with Gasteiger partial charge in [0.2, 0.25) is 0 Å². The average molecular weight is 309 g/mol. The van der Waals surface area contributed by atoms with Crippen LogP contribution in [-0.4, -0.2) is 26.9 Å². The third-order valence-electron chi connectivity index (χ3n) is 2.83. The number of carbonyl (C=O) groups excluding carboxylic acids is 1. The summed E-state index contributed by atoms with van der Waals surface area (Å²) in [7, 11) is 1.76. The number of amides is 2. The second-order valence-corrected chi connectivity index (χ2v) is 4.63. The lowest BCUT2D eigenvalue weighted by atomic mass is 10.2. The van der Waals surface area contributed by atoms with Crippen LogP contribution < -0.4 is 10.6 Å². The van der Waals surface area contributed by atoms with Gasteiger partial charge in [-0.1, -0.05) is 17.7 Å². The molecule has 0 bridgehead atoms. The molecule has 0 aliphatic rings. The molecule has 3 N–H and O–H groups in total. The average Bonchev–Trinajstić information content (AvgIpc) is 2.81. The number of hydrogen-bond acceptors (Lipinski definition) is 3. The molecule has 1 aromatic carbocycles. The quantitative estimate of drug-likeness (QED) is 0.805. The number of urea groups is 1. The molecule has 1 aromatic heterocycles. The molecule has 0 saturated carbocycles. The van der Waals surface area contributed by atoms with Crippen LogP contribution in [0, 0.1) is 0 Å². The van der Waals surface area contributed by atoms with Crippen molar-refractivity contribution in [2.75, 3.05) is 5.32 Å². The van der Waals surface area contributed by atoms with E-state index < -0.39 is 12.0 Å². The number of rotatable bonds is 4. The van der Waals surface area contributed by atoms with Crippen LogP contribution >= 0.6 is 11.6 Å². The van der Waals surface area contributed by atoms with Crippen molar-refractivity contribution in [3.05, 3.63) is 46.7 Å². The van der Waals surface area contributed by atoms with Crippen LogP contribution in [0.4, 0.5) is 10.5 Å². The van der Waals surface area contributed by atoms with Crippen LogP contribution in [0.15, 0.2) is 30.5 Å². The van der Waals surface area contributed by atoms with Crippen molar-refractivity contribution < 1.29 is 14.7 Å². The summed E-state index contributed by atoms with van der Waals surface area (Å²) in [4.78, 5) is 23.0. The van der Waals surface area contributed by atoms with E-state index in [1.807, 2.05) is 0 Å². The Bertz CT molecular complexity index is 684. The number of hydrogen-bond donors (Lipinski definition) is 3. The van der Waals surface area contributed by atoms with Crippen LogP contribution in [0.3, 0.4) is 0 Å². The maximum atomic E-state index is 11.8. The monoisotopic (exact) mass is 308 g/mol. The predicted octanol–water partition coefficient (Wildman–Crippen LogP) is 2.09. The van der Waals surface area contributed by atoms with Gasteiger partial charge in [-0.15, -0.1) is 0 Å². The molecule has 0 atom stereocenters. The first-order valence-corrected chi connectivity index (χ1v) is 6.40. The van der Waals surface area contributed by atoms with Crippen molar-refractivity contribution in [3.63, 3.8) is 0 Å². The van der Waals surface area contributed by atoms with E-state index in [1.54, 1.807) is 30.1 Å². The number of aromatic carboxylic acids is 1. The maximum absolute atomic E-state index is 11.8. The molecule has 110 valence electrons. The Balaban J connectivity index is 2.05. The molecule has 0 radical (unpaired) electrons. The van der Waals surface area contributed by atoms with Gasteiger partial charge in [0.05, 0.1) is 22.9 Å². The zero-order chi connectivity index (χ0) is 15.4. The number of nitrogens with zero attached hydrogens (tertiary/aromatic N) is 2. The molecule has 7 nitrogen and oxygen atoms in total. The van der Waals surface area contributed by atoms with E-state index >= 15 is 0 Å². The van der Waals surface area contributed by atoms with E-state index in [0.29, 0.717) is 0 Å². The minimum Gasteiger partial charge on any atom is -0.478 e. The Morgan fingerprint density at radius 3 is 2.76 bits per heavy atom. The minimum atomic E-state index is -1.21. The highest BCUT2D eigenvalue weighted by molar-refractivity contribution is 6.34. The first kappa shape index (κ1) is 14.9. The van der Waals surface area contributed by atoms with Gasteiger partial charge >= 0.3 is 12.0 Å². The number of aromatic nitrogens is 2. The molecule has 0 aliphatic heterocycles. The molecule has 0 fully saturated rings. The highest BCUT2D eigenvalue weighted by Gasteiger charge is 2.16. The van der Waals surface area contributed by atoms with Crippen molar-refractivity contribution in [2.45, 2.75) is 6.54 Å². The summed E-state index contributed by atoms with van der Waals surface area (Å²) < 4.78 is 1.63. The highest BCUT2D eigenvalue weighted by Crippen LogP contribution is 2.24. The van der Waals surface area contributed by atoms with Gasteiger partial charge < -0.3 is 15.7 Å². The van der Waals surface area contributed by atoms with E-state index in [4.69, 9.17) is 16.7 Å². The first-order chi connectivity index (χ1) is 9.99. The molecule has 2 amide bonds. The first-order valence-electron chi connectivity index (χ1n) is 6.02. The summed E-state index contributed by atoms with van der Waals surface area (Å²) in [5.41, 5.74) is 0.807. The lowest BCUT2D eigenvalue weighted by Crippen LogP contribution is -2.29. The fourth-order valence-electron chi connectivity index (χ4n) is 1.76. The lowest BCUT2D eigenvalue weighted by molar-refractivity contribution is 0.0698. The fraction of sp³-hybridized carbons (Fsp3) is 0.154. The molecule has 2 aromatic rings. The molecule has 0 saturated heterocycles. The number of nitrogens with one attached hydrogen (secondary N) is 2. The van der Waals surface area contributed by atoms with E-state index in [0.717, 1.165) is 5.69 Å². The number of aryl methyl sites for hydroxylation is 1. The highest BCUT2D eigenvalue weighted by atomic mass is 35.5.